The molecular formula is C8H9N3O2. The first-order chi connectivity index (χ1) is 6.33. The van der Waals surface area contributed by atoms with Crippen LogP contribution in [0.25, 0.3) is 0 Å². The molecule has 0 aliphatic rings. The summed E-state index contributed by atoms with van der Waals surface area (Å²) in [6.07, 6.45) is 4.07. The number of nitrogens with one attached hydrogen (secondary N) is 1. The number of nitrogens with zero attached hydrogens (tertiary/aromatic N) is 2. The molecule has 1 amide bonds. The first kappa shape index (κ1) is 9.18. The zero-order chi connectivity index (χ0) is 9.52. The molecule has 0 radical (unpaired) electrons. The van der Waals surface area contributed by atoms with E-state index in [4.69, 9.17) is 0 Å². The predicted octanol–water partition coefficient (Wildman–Crippen LogP) is 0.772. The van der Waals surface area contributed by atoms with E-state index in [1.54, 1.807) is 24.5 Å². The lowest BCUT2D eigenvalue weighted by Gasteiger charge is -1.93. The normalized spacial score (nSPS) is 9.92. The minimum absolute atomic E-state index is 0.597. The molecule has 1 heterocycles. The van der Waals surface area contributed by atoms with Crippen LogP contribution in [0.4, 0.5) is 4.79 Å². The third kappa shape index (κ3) is 3.33. The molecule has 1 N–H and O–H groups in total. The molecule has 0 fully saturated rings. The molecule has 0 unspecified atom stereocenters. The summed E-state index contributed by atoms with van der Waals surface area (Å²) >= 11 is 0. The standard InChI is InChI=1S/C8H9N3O2/c1-9-8(12)13-11-6-7-3-2-4-10-5-7/h2-6H,1H3,(H,9,12)/b11-6+. The Kier molecular flexibility index (Phi) is 3.44. The first-order valence-electron chi connectivity index (χ1n) is 3.65. The van der Waals surface area contributed by atoms with Crippen molar-refractivity contribution in [3.63, 3.8) is 0 Å². The maximum absolute atomic E-state index is 10.5. The van der Waals surface area contributed by atoms with Gasteiger partial charge in [-0.3, -0.25) is 9.82 Å². The Bertz CT molecular complexity index is 298. The Morgan fingerprint density at radius 1 is 1.77 bits per heavy atom. The first-order valence-corrected chi connectivity index (χ1v) is 3.65. The van der Waals surface area contributed by atoms with Crippen LogP contribution < -0.4 is 5.32 Å². The van der Waals surface area contributed by atoms with E-state index in [0.717, 1.165) is 5.56 Å². The van der Waals surface area contributed by atoms with Gasteiger partial charge in [0, 0.05) is 25.0 Å². The van der Waals surface area contributed by atoms with E-state index in [9.17, 15) is 4.79 Å². The molecule has 0 atom stereocenters. The summed E-state index contributed by atoms with van der Waals surface area (Å²) in [7, 11) is 1.46. The van der Waals surface area contributed by atoms with Crippen LogP contribution in [0, 0.1) is 0 Å². The topological polar surface area (TPSA) is 63.6 Å². The zero-order valence-corrected chi connectivity index (χ0v) is 7.10. The van der Waals surface area contributed by atoms with E-state index in [1.807, 2.05) is 0 Å². The molecular weight excluding hydrogens is 170 g/mol. The molecule has 68 valence electrons. The predicted molar refractivity (Wildman–Crippen MR) is 47.4 cm³/mol. The SMILES string of the molecule is CNC(=O)O/N=C/c1cccnc1. The van der Waals surface area contributed by atoms with Crippen molar-refractivity contribution in [2.75, 3.05) is 7.05 Å². The molecule has 0 saturated heterocycles. The minimum Gasteiger partial charge on any atom is -0.323 e. The van der Waals surface area contributed by atoms with Gasteiger partial charge in [-0.15, -0.1) is 0 Å². The minimum atomic E-state index is -0.597. The van der Waals surface area contributed by atoms with Gasteiger partial charge in [-0.1, -0.05) is 11.2 Å². The molecule has 1 aromatic heterocycles. The summed E-state index contributed by atoms with van der Waals surface area (Å²) in [5.41, 5.74) is 0.770. The van der Waals surface area contributed by atoms with Crippen LogP contribution in [0.15, 0.2) is 29.7 Å². The van der Waals surface area contributed by atoms with Gasteiger partial charge < -0.3 is 5.32 Å². The summed E-state index contributed by atoms with van der Waals surface area (Å²) < 4.78 is 0. The second kappa shape index (κ2) is 4.87. The Morgan fingerprint density at radius 2 is 2.62 bits per heavy atom. The highest BCUT2D eigenvalue weighted by Crippen LogP contribution is 1.90. The van der Waals surface area contributed by atoms with Crippen LogP contribution in [-0.2, 0) is 4.84 Å². The van der Waals surface area contributed by atoms with Gasteiger partial charge in [0.25, 0.3) is 0 Å². The summed E-state index contributed by atoms with van der Waals surface area (Å²) in [5.74, 6) is 0. The number of pyridine rings is 1. The van der Waals surface area contributed by atoms with Gasteiger partial charge in [-0.2, -0.15) is 0 Å². The van der Waals surface area contributed by atoms with Crippen molar-refractivity contribution in [3.8, 4) is 0 Å². The van der Waals surface area contributed by atoms with Crippen molar-refractivity contribution >= 4 is 12.3 Å². The number of aromatic nitrogens is 1. The second-order valence-corrected chi connectivity index (χ2v) is 2.15. The zero-order valence-electron chi connectivity index (χ0n) is 7.10. The number of amides is 1. The molecule has 0 bridgehead atoms. The fraction of sp³-hybridized carbons (Fsp3) is 0.125. The molecule has 1 rings (SSSR count). The molecule has 0 saturated carbocycles. The Hall–Kier alpha value is -1.91. The van der Waals surface area contributed by atoms with Crippen LogP contribution in [0.5, 0.6) is 0 Å². The quantitative estimate of drug-likeness (QED) is 0.414. The van der Waals surface area contributed by atoms with Crippen molar-refractivity contribution in [1.82, 2.24) is 10.3 Å². The molecule has 0 aliphatic carbocycles. The van der Waals surface area contributed by atoms with Gasteiger partial charge in [0.1, 0.15) is 0 Å². The largest absolute Gasteiger partial charge is 0.433 e. The van der Waals surface area contributed by atoms with E-state index in [2.05, 4.69) is 20.3 Å². The van der Waals surface area contributed by atoms with E-state index in [1.165, 1.54) is 13.3 Å². The van der Waals surface area contributed by atoms with E-state index >= 15 is 0 Å². The van der Waals surface area contributed by atoms with Crippen molar-refractivity contribution in [3.05, 3.63) is 30.1 Å². The Morgan fingerprint density at radius 3 is 3.23 bits per heavy atom. The fourth-order valence-corrected chi connectivity index (χ4v) is 0.633. The average Bonchev–Trinajstić information content (AvgIpc) is 2.19. The van der Waals surface area contributed by atoms with Gasteiger partial charge >= 0.3 is 6.09 Å². The van der Waals surface area contributed by atoms with Crippen molar-refractivity contribution in [1.29, 1.82) is 0 Å². The average molecular weight is 179 g/mol. The molecule has 5 nitrogen and oxygen atoms in total. The lowest BCUT2D eigenvalue weighted by molar-refractivity contribution is 0.154. The van der Waals surface area contributed by atoms with E-state index < -0.39 is 6.09 Å². The number of carbonyl (C=O) groups is 1. The van der Waals surface area contributed by atoms with Gasteiger partial charge in [0.2, 0.25) is 0 Å². The van der Waals surface area contributed by atoms with Gasteiger partial charge in [0.15, 0.2) is 0 Å². The van der Waals surface area contributed by atoms with Crippen LogP contribution in [0.2, 0.25) is 0 Å². The highest BCUT2D eigenvalue weighted by molar-refractivity contribution is 5.79. The third-order valence-corrected chi connectivity index (χ3v) is 1.23. The van der Waals surface area contributed by atoms with E-state index in [-0.39, 0.29) is 0 Å². The lowest BCUT2D eigenvalue weighted by Crippen LogP contribution is -2.16. The van der Waals surface area contributed by atoms with Crippen molar-refractivity contribution < 1.29 is 9.63 Å². The highest BCUT2D eigenvalue weighted by Gasteiger charge is 1.92. The van der Waals surface area contributed by atoms with E-state index in [0.29, 0.717) is 0 Å². The molecule has 5 heteroatoms. The Labute approximate surface area is 75.4 Å². The van der Waals surface area contributed by atoms with Crippen LogP contribution in [0.3, 0.4) is 0 Å². The number of hydrogen-bond donors (Lipinski definition) is 1. The van der Waals surface area contributed by atoms with Crippen LogP contribution in [-0.4, -0.2) is 24.3 Å². The lowest BCUT2D eigenvalue weighted by atomic mass is 10.3. The summed E-state index contributed by atoms with van der Waals surface area (Å²) in [4.78, 5) is 18.8. The van der Waals surface area contributed by atoms with Crippen LogP contribution >= 0.6 is 0 Å². The van der Waals surface area contributed by atoms with Gasteiger partial charge in [0.05, 0.1) is 6.21 Å². The molecule has 0 aromatic carbocycles. The monoisotopic (exact) mass is 179 g/mol. The van der Waals surface area contributed by atoms with Crippen LogP contribution in [0.1, 0.15) is 5.56 Å². The number of rotatable bonds is 2. The second-order valence-electron chi connectivity index (χ2n) is 2.15. The Balaban J connectivity index is 2.45. The van der Waals surface area contributed by atoms with Crippen molar-refractivity contribution in [2.45, 2.75) is 0 Å². The summed E-state index contributed by atoms with van der Waals surface area (Å²) in [6.45, 7) is 0. The van der Waals surface area contributed by atoms with Gasteiger partial charge in [-0.25, -0.2) is 4.79 Å². The smallest absolute Gasteiger partial charge is 0.323 e. The molecule has 0 aliphatic heterocycles. The molecule has 0 spiro atoms. The third-order valence-electron chi connectivity index (χ3n) is 1.23. The van der Waals surface area contributed by atoms with Crippen molar-refractivity contribution in [2.24, 2.45) is 5.16 Å². The maximum atomic E-state index is 10.5. The fourth-order valence-electron chi connectivity index (χ4n) is 0.633. The molecule has 1 aromatic rings. The number of oxime groups is 1. The molecule has 13 heavy (non-hydrogen) atoms. The van der Waals surface area contributed by atoms with Gasteiger partial charge in [-0.05, 0) is 6.07 Å². The summed E-state index contributed by atoms with van der Waals surface area (Å²) in [5, 5.41) is 5.70. The summed E-state index contributed by atoms with van der Waals surface area (Å²) in [6, 6.07) is 3.56. The number of carbonyl (C=O) groups excluding carboxylic acids is 1. The highest BCUT2D eigenvalue weighted by atomic mass is 16.7. The maximum Gasteiger partial charge on any atom is 0.433 e. The number of hydrogen-bond acceptors (Lipinski definition) is 4.